The minimum atomic E-state index is -2.47. The van der Waals surface area contributed by atoms with Crippen molar-refractivity contribution < 1.29 is 8.78 Å². The maximum Gasteiger partial charge on any atom is 0.246 e. The third kappa shape index (κ3) is 2.22. The van der Waals surface area contributed by atoms with Crippen LogP contribution in [0.25, 0.3) is 0 Å². The molecule has 0 aliphatic rings. The van der Waals surface area contributed by atoms with Crippen LogP contribution in [0.15, 0.2) is 18.2 Å². The van der Waals surface area contributed by atoms with Crippen LogP contribution in [-0.4, -0.2) is 13.0 Å². The highest BCUT2D eigenvalue weighted by Gasteiger charge is 2.23. The summed E-state index contributed by atoms with van der Waals surface area (Å²) in [5.41, 5.74) is 6.52. The standard InChI is InChI=1S/C10H12ClF2N/c1-6-3-2-4-7(9(6)11)8(5-14)10(12)13/h2-4,8,10H,5,14H2,1H3. The Morgan fingerprint density at radius 3 is 2.57 bits per heavy atom. The van der Waals surface area contributed by atoms with Crippen LogP contribution < -0.4 is 5.73 Å². The van der Waals surface area contributed by atoms with E-state index in [0.29, 0.717) is 10.6 Å². The minimum absolute atomic E-state index is 0.0964. The van der Waals surface area contributed by atoms with Crippen molar-refractivity contribution in [2.75, 3.05) is 6.54 Å². The highest BCUT2D eigenvalue weighted by molar-refractivity contribution is 6.32. The van der Waals surface area contributed by atoms with Gasteiger partial charge in [-0.05, 0) is 18.1 Å². The predicted octanol–water partition coefficient (Wildman–Crippen LogP) is 2.96. The molecule has 0 saturated heterocycles. The number of hydrogen-bond acceptors (Lipinski definition) is 1. The van der Waals surface area contributed by atoms with Gasteiger partial charge in [-0.2, -0.15) is 0 Å². The fourth-order valence-corrected chi connectivity index (χ4v) is 1.59. The summed E-state index contributed by atoms with van der Waals surface area (Å²) in [6.45, 7) is 1.69. The second-order valence-electron chi connectivity index (χ2n) is 3.15. The molecule has 0 radical (unpaired) electrons. The number of halogens is 3. The van der Waals surface area contributed by atoms with Crippen LogP contribution >= 0.6 is 11.6 Å². The van der Waals surface area contributed by atoms with Crippen LogP contribution in [-0.2, 0) is 0 Å². The maximum atomic E-state index is 12.6. The summed E-state index contributed by atoms with van der Waals surface area (Å²) in [4.78, 5) is 0. The molecule has 0 heterocycles. The molecule has 1 aromatic rings. The third-order valence-corrected chi connectivity index (χ3v) is 2.70. The van der Waals surface area contributed by atoms with Crippen LogP contribution in [0.4, 0.5) is 8.78 Å². The zero-order valence-corrected chi connectivity index (χ0v) is 8.56. The molecule has 2 N–H and O–H groups in total. The summed E-state index contributed by atoms with van der Waals surface area (Å²) in [5, 5.41) is 0.392. The summed E-state index contributed by atoms with van der Waals surface area (Å²) in [6, 6.07) is 5.09. The van der Waals surface area contributed by atoms with Crippen molar-refractivity contribution in [3.63, 3.8) is 0 Å². The largest absolute Gasteiger partial charge is 0.330 e. The molecule has 0 fully saturated rings. The van der Waals surface area contributed by atoms with Crippen LogP contribution in [0.5, 0.6) is 0 Å². The molecule has 78 valence electrons. The Morgan fingerprint density at radius 1 is 1.43 bits per heavy atom. The first-order chi connectivity index (χ1) is 6.57. The molecule has 1 nitrogen and oxygen atoms in total. The topological polar surface area (TPSA) is 26.0 Å². The molecule has 0 aromatic heterocycles. The molecule has 0 saturated carbocycles. The van der Waals surface area contributed by atoms with Gasteiger partial charge in [0.25, 0.3) is 0 Å². The normalized spacial score (nSPS) is 13.3. The number of hydrogen-bond donors (Lipinski definition) is 1. The summed E-state index contributed by atoms with van der Waals surface area (Å²) in [6.07, 6.45) is -2.47. The SMILES string of the molecule is Cc1cccc(C(CN)C(F)F)c1Cl. The molecule has 1 rings (SSSR count). The van der Waals surface area contributed by atoms with Gasteiger partial charge in [-0.25, -0.2) is 8.78 Å². The number of rotatable bonds is 3. The van der Waals surface area contributed by atoms with Gasteiger partial charge in [-0.15, -0.1) is 0 Å². The number of nitrogens with two attached hydrogens (primary N) is 1. The molecule has 1 unspecified atom stereocenters. The maximum absolute atomic E-state index is 12.6. The lowest BCUT2D eigenvalue weighted by Gasteiger charge is -2.16. The van der Waals surface area contributed by atoms with Crippen molar-refractivity contribution in [1.82, 2.24) is 0 Å². The molecule has 14 heavy (non-hydrogen) atoms. The third-order valence-electron chi connectivity index (χ3n) is 2.18. The minimum Gasteiger partial charge on any atom is -0.330 e. The number of aryl methyl sites for hydroxylation is 1. The van der Waals surface area contributed by atoms with E-state index in [2.05, 4.69) is 0 Å². The average molecular weight is 220 g/mol. The van der Waals surface area contributed by atoms with E-state index in [4.69, 9.17) is 17.3 Å². The van der Waals surface area contributed by atoms with Crippen molar-refractivity contribution in [2.45, 2.75) is 19.3 Å². The molecule has 0 spiro atoms. The Morgan fingerprint density at radius 2 is 2.07 bits per heavy atom. The van der Waals surface area contributed by atoms with Crippen LogP contribution in [0, 0.1) is 6.92 Å². The van der Waals surface area contributed by atoms with Gasteiger partial charge in [0.2, 0.25) is 6.43 Å². The molecule has 0 aliphatic carbocycles. The Kier molecular flexibility index (Phi) is 3.84. The Labute approximate surface area is 86.9 Å². The van der Waals surface area contributed by atoms with Crippen molar-refractivity contribution in [1.29, 1.82) is 0 Å². The molecule has 0 bridgehead atoms. The Hall–Kier alpha value is -0.670. The van der Waals surface area contributed by atoms with E-state index >= 15 is 0 Å². The molecule has 0 aliphatic heterocycles. The molecule has 4 heteroatoms. The highest BCUT2D eigenvalue weighted by Crippen LogP contribution is 2.30. The van der Waals surface area contributed by atoms with Gasteiger partial charge < -0.3 is 5.73 Å². The molecular formula is C10H12ClF2N. The first kappa shape index (κ1) is 11.4. The Bertz CT molecular complexity index is 315. The van der Waals surface area contributed by atoms with Gasteiger partial charge in [0.1, 0.15) is 0 Å². The van der Waals surface area contributed by atoms with Gasteiger partial charge in [-0.3, -0.25) is 0 Å². The second kappa shape index (κ2) is 4.71. The quantitative estimate of drug-likeness (QED) is 0.831. The lowest BCUT2D eigenvalue weighted by molar-refractivity contribution is 0.117. The fraction of sp³-hybridized carbons (Fsp3) is 0.400. The summed E-state index contributed by atoms with van der Waals surface area (Å²) < 4.78 is 25.1. The smallest absolute Gasteiger partial charge is 0.246 e. The van der Waals surface area contributed by atoms with Gasteiger partial charge in [-0.1, -0.05) is 29.8 Å². The van der Waals surface area contributed by atoms with Crippen LogP contribution in [0.2, 0.25) is 5.02 Å². The lowest BCUT2D eigenvalue weighted by atomic mass is 9.98. The summed E-state index contributed by atoms with van der Waals surface area (Å²) in [7, 11) is 0. The zero-order valence-electron chi connectivity index (χ0n) is 7.81. The summed E-state index contributed by atoms with van der Waals surface area (Å²) in [5.74, 6) is -0.970. The Balaban J connectivity index is 3.10. The second-order valence-corrected chi connectivity index (χ2v) is 3.53. The van der Waals surface area contributed by atoms with Gasteiger partial charge in [0.15, 0.2) is 0 Å². The van der Waals surface area contributed by atoms with Gasteiger partial charge in [0, 0.05) is 11.6 Å². The highest BCUT2D eigenvalue weighted by atomic mass is 35.5. The zero-order chi connectivity index (χ0) is 10.7. The molecular weight excluding hydrogens is 208 g/mol. The first-order valence-electron chi connectivity index (χ1n) is 4.31. The average Bonchev–Trinajstić information content (AvgIpc) is 2.13. The van der Waals surface area contributed by atoms with E-state index in [9.17, 15) is 8.78 Å². The van der Waals surface area contributed by atoms with Gasteiger partial charge in [0.05, 0.1) is 5.92 Å². The summed E-state index contributed by atoms with van der Waals surface area (Å²) >= 11 is 5.92. The molecule has 0 amide bonds. The van der Waals surface area contributed by atoms with E-state index in [0.717, 1.165) is 5.56 Å². The van der Waals surface area contributed by atoms with Crippen molar-refractivity contribution in [3.05, 3.63) is 34.3 Å². The van der Waals surface area contributed by atoms with E-state index < -0.39 is 12.3 Å². The fourth-order valence-electron chi connectivity index (χ4n) is 1.32. The number of alkyl halides is 2. The molecule has 1 atom stereocenters. The van der Waals surface area contributed by atoms with E-state index in [1.165, 1.54) is 0 Å². The predicted molar refractivity (Wildman–Crippen MR) is 54.0 cm³/mol. The van der Waals surface area contributed by atoms with Crippen molar-refractivity contribution in [2.24, 2.45) is 5.73 Å². The van der Waals surface area contributed by atoms with Gasteiger partial charge >= 0.3 is 0 Å². The van der Waals surface area contributed by atoms with E-state index in [-0.39, 0.29) is 6.54 Å². The van der Waals surface area contributed by atoms with E-state index in [1.54, 1.807) is 25.1 Å². The van der Waals surface area contributed by atoms with E-state index in [1.807, 2.05) is 0 Å². The monoisotopic (exact) mass is 219 g/mol. The number of benzene rings is 1. The van der Waals surface area contributed by atoms with Crippen molar-refractivity contribution >= 4 is 11.6 Å². The van der Waals surface area contributed by atoms with Crippen LogP contribution in [0.1, 0.15) is 17.0 Å². The first-order valence-corrected chi connectivity index (χ1v) is 4.69. The molecule has 1 aromatic carbocycles. The van der Waals surface area contributed by atoms with Crippen molar-refractivity contribution in [3.8, 4) is 0 Å². The van der Waals surface area contributed by atoms with Crippen LogP contribution in [0.3, 0.4) is 0 Å². The lowest BCUT2D eigenvalue weighted by Crippen LogP contribution is -2.20.